The minimum absolute atomic E-state index is 0.0827. The van der Waals surface area contributed by atoms with E-state index >= 15 is 0 Å². The third-order valence-electron chi connectivity index (χ3n) is 5.84. The van der Waals surface area contributed by atoms with Crippen LogP contribution in [0.25, 0.3) is 16.5 Å². The van der Waals surface area contributed by atoms with Gasteiger partial charge in [-0.1, -0.05) is 31.6 Å². The maximum absolute atomic E-state index is 12.9. The largest absolute Gasteiger partial charge is 0.361 e. The van der Waals surface area contributed by atoms with Gasteiger partial charge in [0.15, 0.2) is 0 Å². The molecule has 4 nitrogen and oxygen atoms in total. The molecule has 4 heteroatoms. The number of amides is 1. The van der Waals surface area contributed by atoms with Crippen molar-refractivity contribution in [1.82, 2.24) is 15.2 Å². The smallest absolute Gasteiger partial charge is 0.230 e. The summed E-state index contributed by atoms with van der Waals surface area (Å²) in [4.78, 5) is 18.1. The third kappa shape index (κ3) is 2.60. The van der Waals surface area contributed by atoms with E-state index in [0.717, 1.165) is 25.8 Å². The summed E-state index contributed by atoms with van der Waals surface area (Å²) in [6.45, 7) is 5.97. The van der Waals surface area contributed by atoms with Crippen molar-refractivity contribution >= 4 is 22.4 Å². The highest BCUT2D eigenvalue weighted by atomic mass is 16.2. The summed E-state index contributed by atoms with van der Waals surface area (Å²) in [5.74, 6) is 0.142. The van der Waals surface area contributed by atoms with E-state index in [1.807, 2.05) is 11.9 Å². The van der Waals surface area contributed by atoms with Crippen LogP contribution < -0.4 is 5.32 Å². The maximum atomic E-state index is 12.9. The monoisotopic (exact) mass is 337 g/mol. The Morgan fingerprint density at radius 2 is 2.24 bits per heavy atom. The summed E-state index contributed by atoms with van der Waals surface area (Å²) in [5, 5.41) is 5.00. The zero-order valence-electron chi connectivity index (χ0n) is 15.4. The van der Waals surface area contributed by atoms with Crippen molar-refractivity contribution in [1.29, 1.82) is 0 Å². The van der Waals surface area contributed by atoms with Crippen LogP contribution in [-0.2, 0) is 11.2 Å². The highest BCUT2D eigenvalue weighted by Gasteiger charge is 2.40. The number of hydrogen-bond acceptors (Lipinski definition) is 2. The number of carbonyl (C=O) groups excluding carboxylic acids is 1. The molecule has 4 rings (SSSR count). The molecule has 2 N–H and O–H groups in total. The fraction of sp³-hybridized carbons (Fsp3) is 0.476. The lowest BCUT2D eigenvalue weighted by molar-refractivity contribution is -0.132. The zero-order valence-corrected chi connectivity index (χ0v) is 15.4. The number of benzene rings is 1. The predicted octanol–water partition coefficient (Wildman–Crippen LogP) is 3.34. The minimum Gasteiger partial charge on any atom is -0.361 e. The first-order valence-electron chi connectivity index (χ1n) is 9.35. The second kappa shape index (κ2) is 6.03. The van der Waals surface area contributed by atoms with Gasteiger partial charge in [0.05, 0.1) is 5.92 Å². The first-order valence-corrected chi connectivity index (χ1v) is 9.35. The summed E-state index contributed by atoms with van der Waals surface area (Å²) >= 11 is 0. The molecule has 0 bridgehead atoms. The summed E-state index contributed by atoms with van der Waals surface area (Å²) in [6, 6.07) is 6.42. The average Bonchev–Trinajstić information content (AvgIpc) is 3.02. The van der Waals surface area contributed by atoms with E-state index in [0.29, 0.717) is 6.54 Å². The zero-order chi connectivity index (χ0) is 17.6. The number of fused-ring (bicyclic) bond motifs is 2. The van der Waals surface area contributed by atoms with Gasteiger partial charge in [-0.2, -0.15) is 0 Å². The van der Waals surface area contributed by atoms with E-state index in [1.54, 1.807) is 0 Å². The quantitative estimate of drug-likeness (QED) is 0.899. The Kier molecular flexibility index (Phi) is 3.95. The standard InChI is InChI=1S/C21H27N3O/c1-4-5-9-24(3)20(25)14-10-17-16-7-6-8-18-19(16)15(12-22-18)11-21(17,2)23-13-14/h6-8,10,12,14,22-23H,4-5,9,11,13H2,1-3H3/t14-,21-/m1/s1. The number of nitrogens with one attached hydrogen (secondary N) is 2. The van der Waals surface area contributed by atoms with Crippen LogP contribution in [0.1, 0.15) is 37.8 Å². The molecular weight excluding hydrogens is 310 g/mol. The molecule has 132 valence electrons. The van der Waals surface area contributed by atoms with Crippen LogP contribution in [0.5, 0.6) is 0 Å². The van der Waals surface area contributed by atoms with Crippen molar-refractivity contribution in [3.63, 3.8) is 0 Å². The topological polar surface area (TPSA) is 48.1 Å². The van der Waals surface area contributed by atoms with Crippen LogP contribution in [-0.4, -0.2) is 41.5 Å². The lowest BCUT2D eigenvalue weighted by atomic mass is 9.72. The van der Waals surface area contributed by atoms with Gasteiger partial charge < -0.3 is 15.2 Å². The lowest BCUT2D eigenvalue weighted by Crippen LogP contribution is -2.53. The van der Waals surface area contributed by atoms with Crippen LogP contribution in [0.3, 0.4) is 0 Å². The molecule has 0 saturated carbocycles. The molecule has 0 spiro atoms. The van der Waals surface area contributed by atoms with E-state index < -0.39 is 0 Å². The molecule has 1 aliphatic carbocycles. The highest BCUT2D eigenvalue weighted by molar-refractivity contribution is 6.00. The summed E-state index contributed by atoms with van der Waals surface area (Å²) < 4.78 is 0. The number of rotatable bonds is 4. The SMILES string of the molecule is CCCCN(C)C(=O)[C@@H]1C=C2c3cccc4[nH]cc(c34)C[C@@]2(C)NC1. The van der Waals surface area contributed by atoms with Gasteiger partial charge in [0.1, 0.15) is 0 Å². The molecule has 0 radical (unpaired) electrons. The van der Waals surface area contributed by atoms with Crippen molar-refractivity contribution in [2.75, 3.05) is 20.1 Å². The Bertz CT molecular complexity index is 850. The van der Waals surface area contributed by atoms with Crippen molar-refractivity contribution in [3.05, 3.63) is 41.6 Å². The minimum atomic E-state index is -0.0950. The van der Waals surface area contributed by atoms with Gasteiger partial charge in [-0.25, -0.2) is 0 Å². The van der Waals surface area contributed by atoms with Crippen LogP contribution in [0.15, 0.2) is 30.5 Å². The summed E-state index contributed by atoms with van der Waals surface area (Å²) in [5.41, 5.74) is 5.00. The molecule has 25 heavy (non-hydrogen) atoms. The van der Waals surface area contributed by atoms with Crippen molar-refractivity contribution < 1.29 is 4.79 Å². The van der Waals surface area contributed by atoms with Crippen LogP contribution in [0.2, 0.25) is 0 Å². The molecule has 2 heterocycles. The van der Waals surface area contributed by atoms with E-state index in [2.05, 4.69) is 54.6 Å². The molecule has 2 aromatic rings. The second-order valence-corrected chi connectivity index (χ2v) is 7.73. The molecule has 0 saturated heterocycles. The van der Waals surface area contributed by atoms with Gasteiger partial charge in [-0.15, -0.1) is 0 Å². The molecule has 1 aromatic carbocycles. The number of aromatic amines is 1. The lowest BCUT2D eigenvalue weighted by Gasteiger charge is -2.42. The predicted molar refractivity (Wildman–Crippen MR) is 102 cm³/mol. The maximum Gasteiger partial charge on any atom is 0.230 e. The third-order valence-corrected chi connectivity index (χ3v) is 5.84. The number of unbranched alkanes of at least 4 members (excludes halogenated alkanes) is 1. The second-order valence-electron chi connectivity index (χ2n) is 7.73. The summed E-state index contributed by atoms with van der Waals surface area (Å²) in [6.07, 6.45) is 7.49. The Hall–Kier alpha value is -2.07. The summed E-state index contributed by atoms with van der Waals surface area (Å²) in [7, 11) is 1.93. The normalized spacial score (nSPS) is 24.8. The molecule has 0 fully saturated rings. The van der Waals surface area contributed by atoms with E-state index in [4.69, 9.17) is 0 Å². The number of nitrogens with zero attached hydrogens (tertiary/aromatic N) is 1. The van der Waals surface area contributed by atoms with Crippen LogP contribution in [0, 0.1) is 5.92 Å². The molecule has 1 amide bonds. The fourth-order valence-electron chi connectivity index (χ4n) is 4.37. The first kappa shape index (κ1) is 16.4. The average molecular weight is 337 g/mol. The van der Waals surface area contributed by atoms with Crippen LogP contribution >= 0.6 is 0 Å². The van der Waals surface area contributed by atoms with Crippen molar-refractivity contribution in [2.45, 2.75) is 38.6 Å². The van der Waals surface area contributed by atoms with E-state index in [1.165, 1.54) is 27.6 Å². The van der Waals surface area contributed by atoms with E-state index in [9.17, 15) is 4.79 Å². The van der Waals surface area contributed by atoms with Gasteiger partial charge in [-0.3, -0.25) is 4.79 Å². The van der Waals surface area contributed by atoms with Crippen molar-refractivity contribution in [3.8, 4) is 0 Å². The Balaban J connectivity index is 1.72. The first-order chi connectivity index (χ1) is 12.0. The molecule has 0 unspecified atom stereocenters. The van der Waals surface area contributed by atoms with Gasteiger partial charge >= 0.3 is 0 Å². The molecule has 1 aliphatic heterocycles. The Morgan fingerprint density at radius 1 is 1.40 bits per heavy atom. The van der Waals surface area contributed by atoms with E-state index in [-0.39, 0.29) is 17.4 Å². The molecule has 1 aromatic heterocycles. The van der Waals surface area contributed by atoms with Gasteiger partial charge in [0.2, 0.25) is 5.91 Å². The number of H-pyrrole nitrogens is 1. The van der Waals surface area contributed by atoms with Gasteiger partial charge in [0.25, 0.3) is 0 Å². The Labute approximate surface area is 149 Å². The Morgan fingerprint density at radius 3 is 3.04 bits per heavy atom. The molecule has 2 atom stereocenters. The number of aromatic nitrogens is 1. The fourth-order valence-corrected chi connectivity index (χ4v) is 4.37. The van der Waals surface area contributed by atoms with Crippen LogP contribution in [0.4, 0.5) is 0 Å². The van der Waals surface area contributed by atoms with Gasteiger partial charge in [-0.05, 0) is 42.5 Å². The number of carbonyl (C=O) groups is 1. The molecule has 2 aliphatic rings. The number of hydrogen-bond donors (Lipinski definition) is 2. The van der Waals surface area contributed by atoms with Crippen molar-refractivity contribution in [2.24, 2.45) is 5.92 Å². The molecular formula is C21H27N3O. The van der Waals surface area contributed by atoms with Gasteiger partial charge in [0, 0.05) is 42.8 Å². The highest BCUT2D eigenvalue weighted by Crippen LogP contribution is 2.43.